The lowest BCUT2D eigenvalue weighted by atomic mass is 10.2. The van der Waals surface area contributed by atoms with Gasteiger partial charge in [-0.3, -0.25) is 19.2 Å². The van der Waals surface area contributed by atoms with Crippen molar-refractivity contribution in [3.8, 4) is 10.6 Å². The van der Waals surface area contributed by atoms with Crippen molar-refractivity contribution in [2.45, 2.75) is 13.1 Å². The number of amides is 1. The Kier molecular flexibility index (Phi) is 5.79. The third kappa shape index (κ3) is 4.32. The van der Waals surface area contributed by atoms with Crippen molar-refractivity contribution in [3.63, 3.8) is 0 Å². The van der Waals surface area contributed by atoms with E-state index in [0.717, 1.165) is 35.9 Å². The summed E-state index contributed by atoms with van der Waals surface area (Å²) in [5.74, 6) is 0.0194. The van der Waals surface area contributed by atoms with Crippen molar-refractivity contribution < 1.29 is 4.79 Å². The summed E-state index contributed by atoms with van der Waals surface area (Å²) in [7, 11) is 0. The van der Waals surface area contributed by atoms with Crippen LogP contribution in [0.5, 0.6) is 0 Å². The van der Waals surface area contributed by atoms with E-state index in [9.17, 15) is 9.59 Å². The van der Waals surface area contributed by atoms with Gasteiger partial charge in [-0.1, -0.05) is 42.5 Å². The van der Waals surface area contributed by atoms with Crippen molar-refractivity contribution in [1.29, 1.82) is 0 Å². The number of para-hydroxylation sites is 1. The smallest absolute Gasteiger partial charge is 0.244 e. The molecule has 0 spiro atoms. The molecule has 0 atom stereocenters. The maximum atomic E-state index is 12.9. The summed E-state index contributed by atoms with van der Waals surface area (Å²) in [6.07, 6.45) is 1.28. The first kappa shape index (κ1) is 20.5. The minimum Gasteiger partial charge on any atom is -0.339 e. The zero-order valence-corrected chi connectivity index (χ0v) is 18.4. The molecular formula is C24H23N5O2S. The predicted molar refractivity (Wildman–Crippen MR) is 125 cm³/mol. The Morgan fingerprint density at radius 3 is 2.53 bits per heavy atom. The second kappa shape index (κ2) is 9.02. The molecule has 1 saturated heterocycles. The molecule has 0 unspecified atom stereocenters. The molecule has 2 aromatic carbocycles. The minimum absolute atomic E-state index is 0.0194. The highest BCUT2D eigenvalue weighted by atomic mass is 32.1. The Hall–Kier alpha value is -3.36. The summed E-state index contributed by atoms with van der Waals surface area (Å²) in [6, 6.07) is 17.5. The average Bonchev–Trinajstić information content (AvgIpc) is 3.30. The molecule has 3 heterocycles. The molecule has 32 heavy (non-hydrogen) atoms. The first-order chi connectivity index (χ1) is 15.7. The molecule has 5 rings (SSSR count). The maximum Gasteiger partial charge on any atom is 0.244 e. The van der Waals surface area contributed by atoms with Crippen LogP contribution in [-0.2, 0) is 17.9 Å². The Balaban J connectivity index is 1.18. The molecule has 1 fully saturated rings. The number of hydrogen-bond acceptors (Lipinski definition) is 6. The topological polar surface area (TPSA) is 71.3 Å². The van der Waals surface area contributed by atoms with Crippen LogP contribution < -0.4 is 5.43 Å². The van der Waals surface area contributed by atoms with Gasteiger partial charge in [0.15, 0.2) is 0 Å². The largest absolute Gasteiger partial charge is 0.339 e. The van der Waals surface area contributed by atoms with E-state index in [-0.39, 0.29) is 17.9 Å². The van der Waals surface area contributed by atoms with E-state index in [2.05, 4.69) is 27.5 Å². The van der Waals surface area contributed by atoms with Gasteiger partial charge in [0, 0.05) is 49.1 Å². The van der Waals surface area contributed by atoms with E-state index in [1.807, 2.05) is 41.3 Å². The molecule has 0 N–H and O–H groups in total. The lowest BCUT2D eigenvalue weighted by molar-refractivity contribution is -0.133. The SMILES string of the molecule is O=C(Cn1ncc(=O)c2ccccc21)N1CCN(Cc2csc(-c3ccccc3)n2)CC1. The minimum atomic E-state index is -0.129. The van der Waals surface area contributed by atoms with E-state index in [4.69, 9.17) is 4.98 Å². The highest BCUT2D eigenvalue weighted by molar-refractivity contribution is 7.13. The summed E-state index contributed by atoms with van der Waals surface area (Å²) < 4.78 is 1.62. The molecule has 0 bridgehead atoms. The van der Waals surface area contributed by atoms with Crippen LogP contribution in [0.4, 0.5) is 0 Å². The summed E-state index contributed by atoms with van der Waals surface area (Å²) >= 11 is 1.67. The van der Waals surface area contributed by atoms with E-state index in [1.54, 1.807) is 22.1 Å². The fourth-order valence-electron chi connectivity index (χ4n) is 3.99. The number of nitrogens with zero attached hydrogens (tertiary/aromatic N) is 5. The number of fused-ring (bicyclic) bond motifs is 1. The molecule has 0 aliphatic carbocycles. The number of piperazine rings is 1. The number of benzene rings is 2. The molecular weight excluding hydrogens is 422 g/mol. The number of thiazole rings is 1. The lowest BCUT2D eigenvalue weighted by Crippen LogP contribution is -2.49. The van der Waals surface area contributed by atoms with Gasteiger partial charge < -0.3 is 4.90 Å². The number of carbonyl (C=O) groups excluding carboxylic acids is 1. The molecule has 2 aromatic heterocycles. The fraction of sp³-hybridized carbons (Fsp3) is 0.250. The third-order valence-corrected chi connectivity index (χ3v) is 6.67. The van der Waals surface area contributed by atoms with Crippen molar-refractivity contribution in [1.82, 2.24) is 24.6 Å². The third-order valence-electron chi connectivity index (χ3n) is 5.73. The van der Waals surface area contributed by atoms with Gasteiger partial charge in [-0.05, 0) is 12.1 Å². The van der Waals surface area contributed by atoms with Gasteiger partial charge >= 0.3 is 0 Å². The van der Waals surface area contributed by atoms with Crippen LogP contribution >= 0.6 is 11.3 Å². The molecule has 162 valence electrons. The van der Waals surface area contributed by atoms with Gasteiger partial charge in [-0.15, -0.1) is 11.3 Å². The molecule has 1 amide bonds. The highest BCUT2D eigenvalue weighted by Gasteiger charge is 2.22. The Bertz CT molecular complexity index is 1290. The normalized spacial score (nSPS) is 14.7. The van der Waals surface area contributed by atoms with Crippen molar-refractivity contribution in [2.24, 2.45) is 0 Å². The van der Waals surface area contributed by atoms with E-state index in [0.29, 0.717) is 24.0 Å². The molecule has 4 aromatic rings. The maximum absolute atomic E-state index is 12.9. The van der Waals surface area contributed by atoms with E-state index >= 15 is 0 Å². The van der Waals surface area contributed by atoms with Crippen molar-refractivity contribution in [2.75, 3.05) is 26.2 Å². The van der Waals surface area contributed by atoms with Gasteiger partial charge in [0.25, 0.3) is 0 Å². The van der Waals surface area contributed by atoms with Crippen molar-refractivity contribution in [3.05, 3.63) is 82.1 Å². The standard InChI is InChI=1S/C24H23N5O2S/c30-22-14-25-29(21-9-5-4-8-20(21)22)16-23(31)28-12-10-27(11-13-28)15-19-17-32-24(26-19)18-6-2-1-3-7-18/h1-9,14,17H,10-13,15-16H2. The summed E-state index contributed by atoms with van der Waals surface area (Å²) in [5.41, 5.74) is 2.76. The van der Waals surface area contributed by atoms with Crippen LogP contribution in [0.15, 0.2) is 71.0 Å². The molecule has 7 nitrogen and oxygen atoms in total. The fourth-order valence-corrected chi connectivity index (χ4v) is 4.81. The number of carbonyl (C=O) groups is 1. The number of rotatable bonds is 5. The zero-order chi connectivity index (χ0) is 21.9. The van der Waals surface area contributed by atoms with Gasteiger partial charge in [0.05, 0.1) is 17.4 Å². The van der Waals surface area contributed by atoms with Crippen LogP contribution in [0.2, 0.25) is 0 Å². The van der Waals surface area contributed by atoms with E-state index in [1.165, 1.54) is 6.20 Å². The van der Waals surface area contributed by atoms with Crippen LogP contribution in [0, 0.1) is 0 Å². The average molecular weight is 446 g/mol. The van der Waals surface area contributed by atoms with Crippen LogP contribution in [0.3, 0.4) is 0 Å². The summed E-state index contributed by atoms with van der Waals surface area (Å²) in [5, 5.41) is 7.92. The Labute approximate surface area is 189 Å². The second-order valence-electron chi connectivity index (χ2n) is 7.85. The zero-order valence-electron chi connectivity index (χ0n) is 17.6. The monoisotopic (exact) mass is 445 g/mol. The first-order valence-electron chi connectivity index (χ1n) is 10.6. The van der Waals surface area contributed by atoms with Crippen LogP contribution in [0.25, 0.3) is 21.5 Å². The molecule has 1 aliphatic heterocycles. The highest BCUT2D eigenvalue weighted by Crippen LogP contribution is 2.24. The molecule has 8 heteroatoms. The van der Waals surface area contributed by atoms with Gasteiger partial charge in [-0.2, -0.15) is 5.10 Å². The first-order valence-corrected chi connectivity index (χ1v) is 11.5. The number of hydrogen-bond donors (Lipinski definition) is 0. The van der Waals surface area contributed by atoms with Crippen LogP contribution in [0.1, 0.15) is 5.69 Å². The second-order valence-corrected chi connectivity index (χ2v) is 8.71. The molecule has 0 saturated carbocycles. The molecule has 0 radical (unpaired) electrons. The Morgan fingerprint density at radius 1 is 0.969 bits per heavy atom. The predicted octanol–water partition coefficient (Wildman–Crippen LogP) is 2.86. The van der Waals surface area contributed by atoms with Crippen LogP contribution in [-0.4, -0.2) is 56.7 Å². The van der Waals surface area contributed by atoms with Gasteiger partial charge in [0.2, 0.25) is 11.3 Å². The Morgan fingerprint density at radius 2 is 1.72 bits per heavy atom. The summed E-state index contributed by atoms with van der Waals surface area (Å²) in [6.45, 7) is 3.88. The van der Waals surface area contributed by atoms with E-state index < -0.39 is 0 Å². The van der Waals surface area contributed by atoms with Gasteiger partial charge in [-0.25, -0.2) is 4.98 Å². The van der Waals surface area contributed by atoms with Gasteiger partial charge in [0.1, 0.15) is 11.6 Å². The quantitative estimate of drug-likeness (QED) is 0.472. The van der Waals surface area contributed by atoms with Crippen molar-refractivity contribution >= 4 is 28.1 Å². The summed E-state index contributed by atoms with van der Waals surface area (Å²) in [4.78, 5) is 33.9. The molecule has 1 aliphatic rings. The number of aromatic nitrogens is 3. The lowest BCUT2D eigenvalue weighted by Gasteiger charge is -2.34.